The summed E-state index contributed by atoms with van der Waals surface area (Å²) in [5.74, 6) is -0.473. The molecule has 3 nitrogen and oxygen atoms in total. The van der Waals surface area contributed by atoms with Gasteiger partial charge in [0, 0.05) is 15.8 Å². The highest BCUT2D eigenvalue weighted by Crippen LogP contribution is 2.27. The van der Waals surface area contributed by atoms with Gasteiger partial charge in [0.05, 0.1) is 5.56 Å². The molecule has 1 unspecified atom stereocenters. The topological polar surface area (TPSA) is 69.1 Å². The van der Waals surface area contributed by atoms with Crippen LogP contribution >= 0.6 is 11.8 Å². The molecule has 0 fully saturated rings. The van der Waals surface area contributed by atoms with Crippen molar-refractivity contribution in [3.05, 3.63) is 23.8 Å². The fourth-order valence-electron chi connectivity index (χ4n) is 1.14. The summed E-state index contributed by atoms with van der Waals surface area (Å²) >= 11 is 1.72. The third kappa shape index (κ3) is 3.16. The van der Waals surface area contributed by atoms with Crippen LogP contribution in [0.2, 0.25) is 0 Å². The van der Waals surface area contributed by atoms with Crippen molar-refractivity contribution >= 4 is 23.4 Å². The molecule has 0 spiro atoms. The monoisotopic (exact) mass is 224 g/mol. The highest BCUT2D eigenvalue weighted by molar-refractivity contribution is 7.99. The van der Waals surface area contributed by atoms with Crippen LogP contribution in [-0.2, 0) is 0 Å². The van der Waals surface area contributed by atoms with Crippen molar-refractivity contribution in [2.45, 2.75) is 30.4 Å². The van der Waals surface area contributed by atoms with Gasteiger partial charge in [0.2, 0.25) is 0 Å². The molecule has 0 heterocycles. The van der Waals surface area contributed by atoms with E-state index in [0.717, 1.165) is 11.3 Å². The summed E-state index contributed by atoms with van der Waals surface area (Å²) in [6.45, 7) is 4.27. The Morgan fingerprint density at radius 3 is 2.73 bits per heavy atom. The number of thioether (sulfide) groups is 1. The molecule has 4 heteroatoms. The van der Waals surface area contributed by atoms with Crippen molar-refractivity contribution in [1.82, 2.24) is 0 Å². The summed E-state index contributed by atoms with van der Waals surface area (Å²) in [6.07, 6.45) is 1.08. The van der Waals surface area contributed by atoms with Gasteiger partial charge in [-0.25, -0.2) is 0 Å². The lowest BCUT2D eigenvalue weighted by molar-refractivity contribution is 0.100. The van der Waals surface area contributed by atoms with Crippen LogP contribution in [0.4, 0.5) is 5.69 Å². The molecule has 0 saturated heterocycles. The summed E-state index contributed by atoms with van der Waals surface area (Å²) in [4.78, 5) is 12.1. The van der Waals surface area contributed by atoms with Crippen molar-refractivity contribution in [2.24, 2.45) is 5.73 Å². The van der Waals surface area contributed by atoms with Crippen LogP contribution in [-0.4, -0.2) is 11.2 Å². The normalized spacial score (nSPS) is 12.4. The quantitative estimate of drug-likeness (QED) is 0.609. The van der Waals surface area contributed by atoms with E-state index in [-0.39, 0.29) is 0 Å². The minimum atomic E-state index is -0.473. The molecule has 1 amide bonds. The lowest BCUT2D eigenvalue weighted by Gasteiger charge is -2.09. The smallest absolute Gasteiger partial charge is 0.250 e. The number of primary amides is 1. The maximum Gasteiger partial charge on any atom is 0.250 e. The summed E-state index contributed by atoms with van der Waals surface area (Å²) in [6, 6.07) is 5.40. The van der Waals surface area contributed by atoms with Gasteiger partial charge in [0.15, 0.2) is 0 Å². The molecule has 0 radical (unpaired) electrons. The van der Waals surface area contributed by atoms with E-state index in [0.29, 0.717) is 16.5 Å². The highest BCUT2D eigenvalue weighted by atomic mass is 32.2. The van der Waals surface area contributed by atoms with Gasteiger partial charge in [-0.2, -0.15) is 0 Å². The summed E-state index contributed by atoms with van der Waals surface area (Å²) in [5, 5.41) is 0.523. The van der Waals surface area contributed by atoms with Crippen LogP contribution in [0.5, 0.6) is 0 Å². The molecular weight excluding hydrogens is 208 g/mol. The van der Waals surface area contributed by atoms with Gasteiger partial charge in [-0.3, -0.25) is 4.79 Å². The molecule has 0 aliphatic rings. The van der Waals surface area contributed by atoms with E-state index in [1.807, 2.05) is 6.07 Å². The number of benzene rings is 1. The van der Waals surface area contributed by atoms with E-state index in [4.69, 9.17) is 11.5 Å². The number of carbonyl (C=O) groups is 1. The number of amides is 1. The van der Waals surface area contributed by atoms with E-state index < -0.39 is 5.91 Å². The second kappa shape index (κ2) is 5.07. The Morgan fingerprint density at radius 1 is 1.53 bits per heavy atom. The van der Waals surface area contributed by atoms with Gasteiger partial charge in [0.25, 0.3) is 5.91 Å². The molecule has 4 N–H and O–H groups in total. The average Bonchev–Trinajstić information content (AvgIpc) is 2.20. The first-order valence-electron chi connectivity index (χ1n) is 4.90. The number of hydrogen-bond acceptors (Lipinski definition) is 3. The number of anilines is 1. The van der Waals surface area contributed by atoms with Gasteiger partial charge in [0.1, 0.15) is 0 Å². The number of hydrogen-bond donors (Lipinski definition) is 2. The minimum Gasteiger partial charge on any atom is -0.398 e. The zero-order valence-electron chi connectivity index (χ0n) is 8.99. The van der Waals surface area contributed by atoms with Crippen molar-refractivity contribution in [3.63, 3.8) is 0 Å². The lowest BCUT2D eigenvalue weighted by atomic mass is 10.2. The van der Waals surface area contributed by atoms with Crippen LogP contribution in [0, 0.1) is 0 Å². The van der Waals surface area contributed by atoms with Crippen LogP contribution in [0.1, 0.15) is 30.6 Å². The first kappa shape index (κ1) is 11.9. The maximum atomic E-state index is 11.1. The molecule has 1 rings (SSSR count). The van der Waals surface area contributed by atoms with Crippen molar-refractivity contribution in [2.75, 3.05) is 5.73 Å². The van der Waals surface area contributed by atoms with Crippen LogP contribution in [0.25, 0.3) is 0 Å². The lowest BCUT2D eigenvalue weighted by Crippen LogP contribution is -2.13. The molecule has 15 heavy (non-hydrogen) atoms. The molecule has 0 saturated carbocycles. The fraction of sp³-hybridized carbons (Fsp3) is 0.364. The minimum absolute atomic E-state index is 0.406. The van der Waals surface area contributed by atoms with Crippen molar-refractivity contribution in [3.8, 4) is 0 Å². The largest absolute Gasteiger partial charge is 0.398 e. The number of rotatable bonds is 4. The molecular formula is C11H16N2OS. The Kier molecular flexibility index (Phi) is 4.03. The molecule has 1 atom stereocenters. The number of nitrogen functional groups attached to an aromatic ring is 1. The Morgan fingerprint density at radius 2 is 2.20 bits per heavy atom. The summed E-state index contributed by atoms with van der Waals surface area (Å²) in [7, 11) is 0. The molecule has 0 aliphatic carbocycles. The molecule has 1 aromatic rings. The van der Waals surface area contributed by atoms with E-state index >= 15 is 0 Å². The Labute approximate surface area is 94.2 Å². The predicted octanol–water partition coefficient (Wildman–Crippen LogP) is 2.26. The molecule has 1 aromatic carbocycles. The second-order valence-corrected chi connectivity index (χ2v) is 4.96. The van der Waals surface area contributed by atoms with Gasteiger partial charge < -0.3 is 11.5 Å². The zero-order valence-corrected chi connectivity index (χ0v) is 9.80. The fourth-order valence-corrected chi connectivity index (χ4v) is 2.10. The Bertz CT molecular complexity index is 366. The first-order valence-corrected chi connectivity index (χ1v) is 5.78. The molecule has 0 aliphatic heterocycles. The van der Waals surface area contributed by atoms with Crippen LogP contribution in [0.3, 0.4) is 0 Å². The summed E-state index contributed by atoms with van der Waals surface area (Å²) < 4.78 is 0. The standard InChI is InChI=1S/C11H16N2OS/c1-3-7(2)15-8-4-5-10(12)9(6-8)11(13)14/h4-7H,3,12H2,1-2H3,(H2,13,14). The summed E-state index contributed by atoms with van der Waals surface area (Å²) in [5.41, 5.74) is 11.7. The van der Waals surface area contributed by atoms with Gasteiger partial charge >= 0.3 is 0 Å². The number of carbonyl (C=O) groups excluding carboxylic acids is 1. The third-order valence-electron chi connectivity index (χ3n) is 2.20. The van der Waals surface area contributed by atoms with Gasteiger partial charge in [-0.05, 0) is 24.6 Å². The highest BCUT2D eigenvalue weighted by Gasteiger charge is 2.08. The van der Waals surface area contributed by atoms with Gasteiger partial charge in [-0.15, -0.1) is 11.8 Å². The number of nitrogens with two attached hydrogens (primary N) is 2. The van der Waals surface area contributed by atoms with E-state index in [2.05, 4.69) is 13.8 Å². The van der Waals surface area contributed by atoms with Crippen molar-refractivity contribution in [1.29, 1.82) is 0 Å². The van der Waals surface area contributed by atoms with Crippen molar-refractivity contribution < 1.29 is 4.79 Å². The molecule has 82 valence electrons. The van der Waals surface area contributed by atoms with Crippen LogP contribution < -0.4 is 11.5 Å². The van der Waals surface area contributed by atoms with E-state index in [9.17, 15) is 4.79 Å². The Balaban J connectivity index is 2.92. The molecule has 0 bridgehead atoms. The Hall–Kier alpha value is -1.16. The van der Waals surface area contributed by atoms with E-state index in [1.54, 1.807) is 23.9 Å². The predicted molar refractivity (Wildman–Crippen MR) is 65.0 cm³/mol. The third-order valence-corrected chi connectivity index (χ3v) is 3.46. The van der Waals surface area contributed by atoms with Gasteiger partial charge in [-0.1, -0.05) is 13.8 Å². The SMILES string of the molecule is CCC(C)Sc1ccc(N)c(C(N)=O)c1. The first-order chi connectivity index (χ1) is 7.04. The average molecular weight is 224 g/mol. The van der Waals surface area contributed by atoms with E-state index in [1.165, 1.54) is 0 Å². The second-order valence-electron chi connectivity index (χ2n) is 3.45. The molecule has 0 aromatic heterocycles. The maximum absolute atomic E-state index is 11.1. The zero-order chi connectivity index (χ0) is 11.4. The van der Waals surface area contributed by atoms with Crippen LogP contribution in [0.15, 0.2) is 23.1 Å².